The van der Waals surface area contributed by atoms with Crippen molar-refractivity contribution in [3.63, 3.8) is 0 Å². The zero-order valence-corrected chi connectivity index (χ0v) is 8.78. The zero-order valence-electron chi connectivity index (χ0n) is 7.21. The van der Waals surface area contributed by atoms with Crippen LogP contribution in [0.15, 0.2) is 0 Å². The molecular weight excluding hydrogens is 216 g/mol. The molecule has 0 aromatic carbocycles. The van der Waals surface area contributed by atoms with E-state index >= 15 is 0 Å². The lowest BCUT2D eigenvalue weighted by molar-refractivity contribution is -0.138. The van der Waals surface area contributed by atoms with Crippen molar-refractivity contribution < 1.29 is 26.7 Å². The summed E-state index contributed by atoms with van der Waals surface area (Å²) >= 11 is 1.54. The maximum Gasteiger partial charge on any atom is 0.320 e. The number of carboxylic acids is 1. The molecule has 0 aliphatic rings. The van der Waals surface area contributed by atoms with Gasteiger partial charge >= 0.3 is 5.97 Å². The van der Waals surface area contributed by atoms with Gasteiger partial charge in [-0.3, -0.25) is 9.18 Å². The average Bonchev–Trinajstić information content (AvgIpc) is 2.03. The summed E-state index contributed by atoms with van der Waals surface area (Å²) in [4.78, 5) is 10.2. The monoisotopic (exact) mass is 229 g/mol. The third kappa shape index (κ3) is 9.92. The van der Waals surface area contributed by atoms with Crippen LogP contribution in [-0.4, -0.2) is 35.3 Å². The smallest absolute Gasteiger partial charge is 0.320 e. The van der Waals surface area contributed by atoms with Gasteiger partial charge in [0.1, 0.15) is 6.04 Å². The van der Waals surface area contributed by atoms with Crippen molar-refractivity contribution in [2.45, 2.75) is 18.9 Å². The molecule has 0 saturated heterocycles. The van der Waals surface area contributed by atoms with Gasteiger partial charge in [0.05, 0.1) is 6.67 Å². The SMILES string of the molecule is NC(CCSCCC[18F])C(=O)O.[Cl-]. The van der Waals surface area contributed by atoms with E-state index in [0.717, 1.165) is 5.75 Å². The van der Waals surface area contributed by atoms with Gasteiger partial charge in [-0.2, -0.15) is 11.8 Å². The van der Waals surface area contributed by atoms with Crippen molar-refractivity contribution in [3.05, 3.63) is 0 Å². The van der Waals surface area contributed by atoms with E-state index in [9.17, 15) is 9.18 Å². The molecule has 0 aromatic rings. The van der Waals surface area contributed by atoms with Crippen LogP contribution in [0, 0.1) is 0 Å². The Labute approximate surface area is 87.7 Å². The van der Waals surface area contributed by atoms with Crippen molar-refractivity contribution in [2.75, 3.05) is 18.2 Å². The molecular formula is C7H14ClFNO2S-. The van der Waals surface area contributed by atoms with Crippen LogP contribution in [0.3, 0.4) is 0 Å². The number of carboxylic acid groups (broad SMARTS) is 1. The van der Waals surface area contributed by atoms with Crippen LogP contribution in [0.5, 0.6) is 0 Å². The van der Waals surface area contributed by atoms with Crippen molar-refractivity contribution in [1.29, 1.82) is 0 Å². The van der Waals surface area contributed by atoms with Crippen molar-refractivity contribution in [2.24, 2.45) is 5.73 Å². The van der Waals surface area contributed by atoms with Crippen molar-refractivity contribution in [1.82, 2.24) is 0 Å². The quantitative estimate of drug-likeness (QED) is 0.491. The fourth-order valence-electron chi connectivity index (χ4n) is 0.592. The molecule has 0 fully saturated rings. The number of halogens is 2. The Hall–Kier alpha value is -0.0000000000000000555. The first-order valence-electron chi connectivity index (χ1n) is 3.80. The van der Waals surface area contributed by atoms with Gasteiger partial charge in [0.2, 0.25) is 0 Å². The van der Waals surface area contributed by atoms with Crippen LogP contribution < -0.4 is 18.1 Å². The number of alkyl halides is 1. The van der Waals surface area contributed by atoms with E-state index in [1.807, 2.05) is 0 Å². The first kappa shape index (κ1) is 15.5. The normalized spacial score (nSPS) is 11.8. The number of hydrogen-bond donors (Lipinski definition) is 2. The largest absolute Gasteiger partial charge is 1.00 e. The van der Waals surface area contributed by atoms with Gasteiger partial charge in [-0.25, -0.2) is 0 Å². The Bertz CT molecular complexity index is 140. The number of aliphatic carboxylic acids is 1. The van der Waals surface area contributed by atoms with E-state index in [0.29, 0.717) is 18.6 Å². The summed E-state index contributed by atoms with van der Waals surface area (Å²) < 4.78 is 11.6. The van der Waals surface area contributed by atoms with Crippen molar-refractivity contribution >= 4 is 17.7 Å². The highest BCUT2D eigenvalue weighted by Crippen LogP contribution is 2.05. The summed E-state index contributed by atoms with van der Waals surface area (Å²) in [6.45, 7) is -0.308. The fraction of sp³-hybridized carbons (Fsp3) is 0.857. The Kier molecular flexibility index (Phi) is 12.0. The van der Waals surface area contributed by atoms with Gasteiger partial charge in [0.15, 0.2) is 0 Å². The number of nitrogens with two attached hydrogens (primary N) is 1. The lowest BCUT2D eigenvalue weighted by Crippen LogP contribution is -3.00. The first-order valence-corrected chi connectivity index (χ1v) is 4.96. The molecule has 1 atom stereocenters. The van der Waals surface area contributed by atoms with Gasteiger partial charge in [0.25, 0.3) is 0 Å². The molecule has 3 nitrogen and oxygen atoms in total. The van der Waals surface area contributed by atoms with Crippen LogP contribution in [0.4, 0.5) is 4.39 Å². The molecule has 0 amide bonds. The maximum atomic E-state index is 11.6. The third-order valence-electron chi connectivity index (χ3n) is 1.31. The van der Waals surface area contributed by atoms with E-state index in [2.05, 4.69) is 0 Å². The summed E-state index contributed by atoms with van der Waals surface area (Å²) in [6, 6.07) is -0.775. The van der Waals surface area contributed by atoms with Crippen LogP contribution in [-0.2, 0) is 4.79 Å². The Balaban J connectivity index is 0. The summed E-state index contributed by atoms with van der Waals surface area (Å²) in [5, 5.41) is 8.39. The predicted octanol–water partition coefficient (Wildman–Crippen LogP) is -2.11. The molecule has 0 bridgehead atoms. The highest BCUT2D eigenvalue weighted by atomic mass is 35.5. The third-order valence-corrected chi connectivity index (χ3v) is 2.41. The molecule has 0 rings (SSSR count). The minimum atomic E-state index is -0.971. The highest BCUT2D eigenvalue weighted by molar-refractivity contribution is 7.99. The predicted molar refractivity (Wildman–Crippen MR) is 48.1 cm³/mol. The van der Waals surface area contributed by atoms with Gasteiger partial charge in [-0.15, -0.1) is 0 Å². The molecule has 0 saturated carbocycles. The highest BCUT2D eigenvalue weighted by Gasteiger charge is 2.09. The second kappa shape index (κ2) is 10.1. The molecule has 0 aromatic heterocycles. The van der Waals surface area contributed by atoms with E-state index in [1.165, 1.54) is 0 Å². The van der Waals surface area contributed by atoms with Crippen LogP contribution in [0.2, 0.25) is 0 Å². The van der Waals surface area contributed by atoms with E-state index in [1.54, 1.807) is 11.8 Å². The zero-order chi connectivity index (χ0) is 9.40. The van der Waals surface area contributed by atoms with Crippen LogP contribution in [0.1, 0.15) is 12.8 Å². The minimum absolute atomic E-state index is 0. The second-order valence-corrected chi connectivity index (χ2v) is 3.61. The fourth-order valence-corrected chi connectivity index (χ4v) is 1.53. The van der Waals surface area contributed by atoms with E-state index in [-0.39, 0.29) is 19.1 Å². The lowest BCUT2D eigenvalue weighted by atomic mass is 10.2. The molecule has 6 heteroatoms. The molecule has 13 heavy (non-hydrogen) atoms. The first-order chi connectivity index (χ1) is 5.68. The summed E-state index contributed by atoms with van der Waals surface area (Å²) in [5.41, 5.74) is 5.24. The number of carbonyl (C=O) groups is 1. The molecule has 0 radical (unpaired) electrons. The Morgan fingerprint density at radius 1 is 1.54 bits per heavy atom. The summed E-state index contributed by atoms with van der Waals surface area (Å²) in [5.74, 6) is 0.456. The molecule has 3 N–H and O–H groups in total. The number of hydrogen-bond acceptors (Lipinski definition) is 3. The molecule has 1 unspecified atom stereocenters. The number of rotatable bonds is 7. The van der Waals surface area contributed by atoms with Gasteiger partial charge in [-0.1, -0.05) is 0 Å². The molecule has 0 aliphatic heterocycles. The van der Waals surface area contributed by atoms with Crippen LogP contribution in [0.25, 0.3) is 0 Å². The van der Waals surface area contributed by atoms with E-state index < -0.39 is 12.0 Å². The molecule has 0 aliphatic carbocycles. The molecule has 0 spiro atoms. The van der Waals surface area contributed by atoms with Gasteiger partial charge in [0, 0.05) is 0 Å². The second-order valence-electron chi connectivity index (χ2n) is 2.39. The van der Waals surface area contributed by atoms with Gasteiger partial charge in [-0.05, 0) is 24.3 Å². The number of thioether (sulfide) groups is 1. The molecule has 0 heterocycles. The topological polar surface area (TPSA) is 63.3 Å². The Morgan fingerprint density at radius 2 is 2.15 bits per heavy atom. The average molecular weight is 230 g/mol. The minimum Gasteiger partial charge on any atom is -1.00 e. The van der Waals surface area contributed by atoms with Crippen molar-refractivity contribution in [3.8, 4) is 0 Å². The van der Waals surface area contributed by atoms with Crippen LogP contribution >= 0.6 is 11.8 Å². The summed E-state index contributed by atoms with van der Waals surface area (Å²) in [7, 11) is 0. The maximum absolute atomic E-state index is 11.6. The van der Waals surface area contributed by atoms with E-state index in [4.69, 9.17) is 10.8 Å². The Morgan fingerprint density at radius 3 is 2.62 bits per heavy atom. The standard InChI is InChI=1S/C7H14FNO2S.ClH/c8-3-1-4-12-5-2-6(9)7(10)11;/h6H,1-5,9H2,(H,10,11);1H/p-1/i8-1;. The van der Waals surface area contributed by atoms with Gasteiger partial charge < -0.3 is 23.2 Å². The molecule has 80 valence electrons. The summed E-state index contributed by atoms with van der Waals surface area (Å²) in [6.07, 6.45) is 0.985. The lowest BCUT2D eigenvalue weighted by Gasteiger charge is -2.04.